The number of hydrogen-bond acceptors (Lipinski definition) is 3. The zero-order chi connectivity index (χ0) is 13.2. The first-order valence-electron chi connectivity index (χ1n) is 6.43. The van der Waals surface area contributed by atoms with E-state index < -0.39 is 0 Å². The maximum Gasteiger partial charge on any atom is 0.269 e. The number of carbonyl (C=O) groups excluding carboxylic acids is 1. The molecule has 1 aromatic carbocycles. The van der Waals surface area contributed by atoms with Gasteiger partial charge < -0.3 is 10.6 Å². The second-order valence-corrected chi connectivity index (χ2v) is 4.82. The van der Waals surface area contributed by atoms with Crippen molar-refractivity contribution in [1.29, 1.82) is 0 Å². The van der Waals surface area contributed by atoms with E-state index in [0.717, 1.165) is 42.4 Å². The number of nitrogens with two attached hydrogens (primary N) is 1. The lowest BCUT2D eigenvalue weighted by atomic mass is 10.1. The van der Waals surface area contributed by atoms with Crippen LogP contribution in [0.1, 0.15) is 18.4 Å². The number of carbonyl (C=O) groups is 1. The molecule has 19 heavy (non-hydrogen) atoms. The number of rotatable bonds is 2. The van der Waals surface area contributed by atoms with E-state index in [-0.39, 0.29) is 5.91 Å². The van der Waals surface area contributed by atoms with Gasteiger partial charge in [0.2, 0.25) is 0 Å². The first-order valence-corrected chi connectivity index (χ1v) is 6.43. The van der Waals surface area contributed by atoms with Crippen molar-refractivity contribution in [2.24, 2.45) is 5.73 Å². The maximum atomic E-state index is 12.1. The van der Waals surface area contributed by atoms with Crippen LogP contribution in [0.25, 0.3) is 17.0 Å². The van der Waals surface area contributed by atoms with Crippen molar-refractivity contribution in [1.82, 2.24) is 15.1 Å². The Bertz CT molecular complexity index is 638. The molecule has 5 nitrogen and oxygen atoms in total. The number of hydrogen-bond donors (Lipinski definition) is 2. The van der Waals surface area contributed by atoms with Crippen LogP contribution in [0.4, 0.5) is 0 Å². The highest BCUT2D eigenvalue weighted by molar-refractivity contribution is 5.97. The zero-order valence-electron chi connectivity index (χ0n) is 10.6. The van der Waals surface area contributed by atoms with Gasteiger partial charge in [0, 0.05) is 18.5 Å². The summed E-state index contributed by atoms with van der Waals surface area (Å²) in [5.41, 5.74) is 8.08. The molecule has 0 unspecified atom stereocenters. The second-order valence-electron chi connectivity index (χ2n) is 4.82. The van der Waals surface area contributed by atoms with Gasteiger partial charge in [0.1, 0.15) is 0 Å². The van der Waals surface area contributed by atoms with Gasteiger partial charge in [-0.15, -0.1) is 0 Å². The molecule has 0 radical (unpaired) electrons. The molecule has 0 spiro atoms. The second kappa shape index (κ2) is 4.76. The first-order chi connectivity index (χ1) is 9.24. The quantitative estimate of drug-likeness (QED) is 0.799. The molecule has 0 bridgehead atoms. The molecular formula is C14H16N4O. The topological polar surface area (TPSA) is 75.0 Å². The highest BCUT2D eigenvalue weighted by Gasteiger charge is 2.19. The molecule has 3 rings (SSSR count). The first kappa shape index (κ1) is 11.8. The van der Waals surface area contributed by atoms with Crippen molar-refractivity contribution >= 4 is 22.9 Å². The molecule has 1 saturated heterocycles. The smallest absolute Gasteiger partial charge is 0.269 e. The fourth-order valence-corrected chi connectivity index (χ4v) is 2.40. The molecule has 1 amide bonds. The van der Waals surface area contributed by atoms with E-state index in [1.165, 1.54) is 0 Å². The lowest BCUT2D eigenvalue weighted by Crippen LogP contribution is -2.31. The average molecular weight is 256 g/mol. The van der Waals surface area contributed by atoms with Crippen molar-refractivity contribution in [3.63, 3.8) is 0 Å². The summed E-state index contributed by atoms with van der Waals surface area (Å²) in [6.45, 7) is 1.63. The molecule has 1 fully saturated rings. The van der Waals surface area contributed by atoms with Crippen molar-refractivity contribution < 1.29 is 4.79 Å². The fourth-order valence-electron chi connectivity index (χ4n) is 2.40. The summed E-state index contributed by atoms with van der Waals surface area (Å²) in [4.78, 5) is 13.9. The van der Waals surface area contributed by atoms with E-state index in [2.05, 4.69) is 10.2 Å². The average Bonchev–Trinajstić information content (AvgIpc) is 3.08. The minimum atomic E-state index is -0.0650. The molecule has 2 heterocycles. The van der Waals surface area contributed by atoms with Crippen LogP contribution < -0.4 is 5.73 Å². The summed E-state index contributed by atoms with van der Waals surface area (Å²) in [7, 11) is 0. The van der Waals surface area contributed by atoms with E-state index in [4.69, 9.17) is 5.73 Å². The van der Waals surface area contributed by atoms with Gasteiger partial charge in [-0.2, -0.15) is 5.10 Å². The Balaban J connectivity index is 1.84. The molecule has 1 aliphatic heterocycles. The minimum Gasteiger partial charge on any atom is -0.394 e. The molecule has 0 aliphatic carbocycles. The number of aromatic nitrogens is 2. The normalized spacial score (nSPS) is 16.2. The summed E-state index contributed by atoms with van der Waals surface area (Å²) in [6, 6.07) is 5.81. The van der Waals surface area contributed by atoms with Crippen molar-refractivity contribution in [2.75, 3.05) is 13.1 Å². The third kappa shape index (κ3) is 2.31. The summed E-state index contributed by atoms with van der Waals surface area (Å²) < 4.78 is 0. The van der Waals surface area contributed by atoms with Gasteiger partial charge in [0.05, 0.1) is 17.4 Å². The number of likely N-dealkylation sites (tertiary alicyclic amines) is 1. The molecule has 0 atom stereocenters. The van der Waals surface area contributed by atoms with Crippen LogP contribution in [-0.2, 0) is 4.79 Å². The molecule has 1 aliphatic rings. The Kier molecular flexibility index (Phi) is 2.95. The van der Waals surface area contributed by atoms with E-state index in [1.54, 1.807) is 12.3 Å². The minimum absolute atomic E-state index is 0.0650. The van der Waals surface area contributed by atoms with Crippen LogP contribution in [0, 0.1) is 0 Å². The number of nitrogens with zero attached hydrogens (tertiary/aromatic N) is 2. The number of H-pyrrole nitrogens is 1. The summed E-state index contributed by atoms with van der Waals surface area (Å²) >= 11 is 0. The van der Waals surface area contributed by atoms with Crippen LogP contribution >= 0.6 is 0 Å². The van der Waals surface area contributed by atoms with Gasteiger partial charge in [0.25, 0.3) is 5.91 Å². The highest BCUT2D eigenvalue weighted by atomic mass is 16.2. The number of benzene rings is 1. The van der Waals surface area contributed by atoms with Crippen LogP contribution in [0.2, 0.25) is 0 Å². The lowest BCUT2D eigenvalue weighted by molar-refractivity contribution is -0.126. The van der Waals surface area contributed by atoms with Gasteiger partial charge in [-0.1, -0.05) is 6.07 Å². The van der Waals surface area contributed by atoms with E-state index in [0.29, 0.717) is 5.70 Å². The van der Waals surface area contributed by atoms with Gasteiger partial charge in [-0.05, 0) is 36.6 Å². The number of aromatic amines is 1. The molecular weight excluding hydrogens is 240 g/mol. The van der Waals surface area contributed by atoms with E-state index in [1.807, 2.05) is 23.1 Å². The number of nitrogens with one attached hydrogen (secondary N) is 1. The molecule has 5 heteroatoms. The Labute approximate surface area is 111 Å². The monoisotopic (exact) mass is 256 g/mol. The largest absolute Gasteiger partial charge is 0.394 e. The maximum absolute atomic E-state index is 12.1. The molecule has 1 aromatic heterocycles. The predicted molar refractivity (Wildman–Crippen MR) is 74.1 cm³/mol. The Morgan fingerprint density at radius 2 is 2.16 bits per heavy atom. The molecule has 3 N–H and O–H groups in total. The van der Waals surface area contributed by atoms with E-state index >= 15 is 0 Å². The molecule has 98 valence electrons. The summed E-state index contributed by atoms with van der Waals surface area (Å²) in [5.74, 6) is -0.0650. The Hall–Kier alpha value is -2.30. The standard InChI is InChI=1S/C14H16N4O/c15-12(14(19)18-5-1-2-6-18)8-10-3-4-13-11(7-10)9-16-17-13/h3-4,7-9H,1-2,5-6,15H2,(H,16,17)/b12-8-. The van der Waals surface area contributed by atoms with Crippen molar-refractivity contribution in [3.05, 3.63) is 35.7 Å². The predicted octanol–water partition coefficient (Wildman–Crippen LogP) is 1.48. The van der Waals surface area contributed by atoms with Gasteiger partial charge in [-0.25, -0.2) is 0 Å². The SMILES string of the molecule is N/C(=C\c1ccc2[nH]ncc2c1)C(=O)N1CCCC1. The summed E-state index contributed by atoms with van der Waals surface area (Å²) in [6.07, 6.45) is 5.62. The van der Waals surface area contributed by atoms with Crippen LogP contribution in [-0.4, -0.2) is 34.1 Å². The van der Waals surface area contributed by atoms with Crippen LogP contribution in [0.5, 0.6) is 0 Å². The molecule has 2 aromatic rings. The third-order valence-corrected chi connectivity index (χ3v) is 3.43. The highest BCUT2D eigenvalue weighted by Crippen LogP contribution is 2.16. The fraction of sp³-hybridized carbons (Fsp3) is 0.286. The Morgan fingerprint density at radius 3 is 2.95 bits per heavy atom. The van der Waals surface area contributed by atoms with Crippen LogP contribution in [0.3, 0.4) is 0 Å². The van der Waals surface area contributed by atoms with Gasteiger partial charge in [-0.3, -0.25) is 9.89 Å². The molecule has 0 saturated carbocycles. The summed E-state index contributed by atoms with van der Waals surface area (Å²) in [5, 5.41) is 7.87. The number of amides is 1. The van der Waals surface area contributed by atoms with Crippen molar-refractivity contribution in [2.45, 2.75) is 12.8 Å². The van der Waals surface area contributed by atoms with Crippen LogP contribution in [0.15, 0.2) is 30.1 Å². The lowest BCUT2D eigenvalue weighted by Gasteiger charge is -2.14. The Morgan fingerprint density at radius 1 is 1.37 bits per heavy atom. The van der Waals surface area contributed by atoms with Gasteiger partial charge in [0.15, 0.2) is 0 Å². The van der Waals surface area contributed by atoms with Gasteiger partial charge >= 0.3 is 0 Å². The third-order valence-electron chi connectivity index (χ3n) is 3.43. The number of fused-ring (bicyclic) bond motifs is 1. The van der Waals surface area contributed by atoms with Crippen molar-refractivity contribution in [3.8, 4) is 0 Å². The van der Waals surface area contributed by atoms with E-state index in [9.17, 15) is 4.79 Å². The zero-order valence-corrected chi connectivity index (χ0v) is 10.6.